The average Bonchev–Trinajstić information content (AvgIpc) is 3.17. The van der Waals surface area contributed by atoms with Gasteiger partial charge in [0.15, 0.2) is 0 Å². The third kappa shape index (κ3) is 3.27. The molecule has 140 valence electrons. The van der Waals surface area contributed by atoms with Crippen molar-refractivity contribution < 1.29 is 4.79 Å². The molecule has 0 unspecified atom stereocenters. The fourth-order valence-corrected chi connectivity index (χ4v) is 4.02. The number of benzene rings is 1. The van der Waals surface area contributed by atoms with Crippen molar-refractivity contribution in [1.29, 1.82) is 0 Å². The Morgan fingerprint density at radius 1 is 1.26 bits per heavy atom. The van der Waals surface area contributed by atoms with Gasteiger partial charge in [0.2, 0.25) is 0 Å². The molecule has 0 fully saturated rings. The normalized spacial score (nSPS) is 18.1. The van der Waals surface area contributed by atoms with Crippen molar-refractivity contribution in [3.63, 3.8) is 0 Å². The number of hydrogen-bond donors (Lipinski definition) is 1. The van der Waals surface area contributed by atoms with Gasteiger partial charge in [0.05, 0.1) is 29.3 Å². The molecule has 1 aliphatic carbocycles. The van der Waals surface area contributed by atoms with Gasteiger partial charge in [-0.2, -0.15) is 10.2 Å². The van der Waals surface area contributed by atoms with Gasteiger partial charge in [0, 0.05) is 12.6 Å². The number of nitrogens with zero attached hydrogens (tertiary/aromatic N) is 4. The summed E-state index contributed by atoms with van der Waals surface area (Å²) in [6.45, 7) is 6.37. The summed E-state index contributed by atoms with van der Waals surface area (Å²) < 4.78 is 3.64. The quantitative estimate of drug-likeness (QED) is 0.776. The van der Waals surface area contributed by atoms with Crippen LogP contribution >= 0.6 is 0 Å². The maximum atomic E-state index is 12.8. The third-order valence-corrected chi connectivity index (χ3v) is 5.22. The van der Waals surface area contributed by atoms with Gasteiger partial charge in [-0.3, -0.25) is 9.48 Å². The highest BCUT2D eigenvalue weighted by Gasteiger charge is 2.36. The first-order valence-corrected chi connectivity index (χ1v) is 9.28. The molecule has 3 aromatic rings. The van der Waals surface area contributed by atoms with E-state index < -0.39 is 0 Å². The van der Waals surface area contributed by atoms with Crippen LogP contribution < -0.4 is 5.32 Å². The van der Waals surface area contributed by atoms with E-state index in [-0.39, 0.29) is 17.4 Å². The Bertz CT molecular complexity index is 983. The van der Waals surface area contributed by atoms with Crippen LogP contribution in [0.25, 0.3) is 5.69 Å². The monoisotopic (exact) mass is 363 g/mol. The molecule has 6 nitrogen and oxygen atoms in total. The molecule has 27 heavy (non-hydrogen) atoms. The highest BCUT2D eigenvalue weighted by Crippen LogP contribution is 2.41. The van der Waals surface area contributed by atoms with E-state index in [4.69, 9.17) is 0 Å². The zero-order valence-corrected chi connectivity index (χ0v) is 16.2. The van der Waals surface area contributed by atoms with Crippen LogP contribution in [0.1, 0.15) is 53.7 Å². The summed E-state index contributed by atoms with van der Waals surface area (Å²) in [7, 11) is 1.80. The first-order valence-electron chi connectivity index (χ1n) is 9.28. The van der Waals surface area contributed by atoms with Crippen LogP contribution in [0.4, 0.5) is 0 Å². The highest BCUT2D eigenvalue weighted by atomic mass is 16.2. The largest absolute Gasteiger partial charge is 0.344 e. The van der Waals surface area contributed by atoms with Gasteiger partial charge < -0.3 is 5.32 Å². The van der Waals surface area contributed by atoms with Crippen molar-refractivity contribution in [2.75, 3.05) is 0 Å². The Morgan fingerprint density at radius 2 is 2.00 bits per heavy atom. The third-order valence-electron chi connectivity index (χ3n) is 5.22. The highest BCUT2D eigenvalue weighted by molar-refractivity contribution is 5.93. The van der Waals surface area contributed by atoms with Crippen LogP contribution in [-0.4, -0.2) is 25.5 Å². The van der Waals surface area contributed by atoms with Crippen LogP contribution in [0.15, 0.2) is 42.6 Å². The minimum atomic E-state index is -0.0980. The first kappa shape index (κ1) is 17.5. The van der Waals surface area contributed by atoms with E-state index in [0.29, 0.717) is 5.69 Å². The molecule has 0 spiro atoms. The standard InChI is InChI=1S/C21H25N5O/c1-14-10-18(25(4)24-14)20(27)23-17-11-21(2,3)12-19-16(17)13-22-26(19)15-8-6-5-7-9-15/h5-10,13,17H,11-12H2,1-4H3,(H,23,27)/t17-/m1/s1. The molecule has 6 heteroatoms. The van der Waals surface area contributed by atoms with E-state index in [1.54, 1.807) is 11.7 Å². The molecule has 1 N–H and O–H groups in total. The zero-order valence-electron chi connectivity index (χ0n) is 16.2. The molecule has 1 aromatic carbocycles. The number of aromatic nitrogens is 4. The number of para-hydroxylation sites is 1. The van der Waals surface area contributed by atoms with E-state index in [0.717, 1.165) is 29.8 Å². The molecule has 1 atom stereocenters. The summed E-state index contributed by atoms with van der Waals surface area (Å²) in [4.78, 5) is 12.8. The molecular formula is C21H25N5O. The van der Waals surface area contributed by atoms with Gasteiger partial charge in [0.25, 0.3) is 5.91 Å². The van der Waals surface area contributed by atoms with Crippen molar-refractivity contribution in [2.45, 2.75) is 39.7 Å². The number of carbonyl (C=O) groups excluding carboxylic acids is 1. The van der Waals surface area contributed by atoms with Crippen LogP contribution in [0.3, 0.4) is 0 Å². The molecule has 0 saturated heterocycles. The van der Waals surface area contributed by atoms with Gasteiger partial charge in [-0.1, -0.05) is 32.0 Å². The molecule has 2 aromatic heterocycles. The molecule has 0 bridgehead atoms. The summed E-state index contributed by atoms with van der Waals surface area (Å²) in [5.41, 5.74) is 4.80. The predicted molar refractivity (Wildman–Crippen MR) is 104 cm³/mol. The Hall–Kier alpha value is -2.89. The van der Waals surface area contributed by atoms with E-state index in [2.05, 4.69) is 41.5 Å². The number of hydrogen-bond acceptors (Lipinski definition) is 3. The Balaban J connectivity index is 1.69. The summed E-state index contributed by atoms with van der Waals surface area (Å²) in [5, 5.41) is 12.1. The second-order valence-electron chi connectivity index (χ2n) is 8.16. The molecule has 0 saturated carbocycles. The summed E-state index contributed by atoms with van der Waals surface area (Å²) in [6, 6.07) is 11.9. The van der Waals surface area contributed by atoms with Crippen LogP contribution in [-0.2, 0) is 13.5 Å². The number of nitrogens with one attached hydrogen (secondary N) is 1. The smallest absolute Gasteiger partial charge is 0.270 e. The van der Waals surface area contributed by atoms with Gasteiger partial charge >= 0.3 is 0 Å². The van der Waals surface area contributed by atoms with Crippen molar-refractivity contribution in [3.05, 3.63) is 65.2 Å². The van der Waals surface area contributed by atoms with Gasteiger partial charge in [-0.05, 0) is 43.4 Å². The maximum absolute atomic E-state index is 12.8. The lowest BCUT2D eigenvalue weighted by atomic mass is 9.74. The van der Waals surface area contributed by atoms with E-state index in [9.17, 15) is 4.79 Å². The van der Waals surface area contributed by atoms with Crippen LogP contribution in [0, 0.1) is 12.3 Å². The Morgan fingerprint density at radius 3 is 2.67 bits per heavy atom. The lowest BCUT2D eigenvalue weighted by molar-refractivity contribution is 0.0909. The number of amides is 1. The molecular weight excluding hydrogens is 338 g/mol. The Labute approximate surface area is 159 Å². The number of aryl methyl sites for hydroxylation is 2. The van der Waals surface area contributed by atoms with Crippen molar-refractivity contribution in [3.8, 4) is 5.69 Å². The molecule has 0 radical (unpaired) electrons. The second kappa shape index (κ2) is 6.37. The first-order chi connectivity index (χ1) is 12.8. The lowest BCUT2D eigenvalue weighted by Gasteiger charge is -2.36. The minimum absolute atomic E-state index is 0.0658. The fourth-order valence-electron chi connectivity index (χ4n) is 4.02. The van der Waals surface area contributed by atoms with Crippen LogP contribution in [0.5, 0.6) is 0 Å². The van der Waals surface area contributed by atoms with Crippen molar-refractivity contribution in [1.82, 2.24) is 24.9 Å². The predicted octanol–water partition coefficient (Wildman–Crippen LogP) is 3.36. The average molecular weight is 363 g/mol. The van der Waals surface area contributed by atoms with Gasteiger partial charge in [-0.25, -0.2) is 4.68 Å². The zero-order chi connectivity index (χ0) is 19.2. The van der Waals surface area contributed by atoms with E-state index in [1.807, 2.05) is 42.1 Å². The van der Waals surface area contributed by atoms with Gasteiger partial charge in [-0.15, -0.1) is 0 Å². The topological polar surface area (TPSA) is 64.7 Å². The van der Waals surface area contributed by atoms with E-state index in [1.165, 1.54) is 5.69 Å². The molecule has 4 rings (SSSR count). The molecule has 2 heterocycles. The van der Waals surface area contributed by atoms with Crippen LogP contribution in [0.2, 0.25) is 0 Å². The minimum Gasteiger partial charge on any atom is -0.344 e. The summed E-state index contributed by atoms with van der Waals surface area (Å²) in [5.74, 6) is -0.0980. The Kier molecular flexibility index (Phi) is 4.13. The second-order valence-corrected chi connectivity index (χ2v) is 8.16. The van der Waals surface area contributed by atoms with Crippen molar-refractivity contribution in [2.24, 2.45) is 12.5 Å². The number of fused-ring (bicyclic) bond motifs is 1. The summed E-state index contributed by atoms with van der Waals surface area (Å²) in [6.07, 6.45) is 3.70. The summed E-state index contributed by atoms with van der Waals surface area (Å²) >= 11 is 0. The fraction of sp³-hybridized carbons (Fsp3) is 0.381. The maximum Gasteiger partial charge on any atom is 0.270 e. The van der Waals surface area contributed by atoms with E-state index >= 15 is 0 Å². The number of rotatable bonds is 3. The molecule has 0 aliphatic heterocycles. The van der Waals surface area contributed by atoms with Gasteiger partial charge in [0.1, 0.15) is 5.69 Å². The SMILES string of the molecule is Cc1cc(C(=O)N[C@@H]2CC(C)(C)Cc3c2cnn3-c2ccccc2)n(C)n1. The molecule has 1 amide bonds. The van der Waals surface area contributed by atoms with Crippen molar-refractivity contribution >= 4 is 5.91 Å². The number of carbonyl (C=O) groups is 1. The lowest BCUT2D eigenvalue weighted by Crippen LogP contribution is -2.37. The molecule has 1 aliphatic rings.